The van der Waals surface area contributed by atoms with E-state index < -0.39 is 0 Å². The summed E-state index contributed by atoms with van der Waals surface area (Å²) in [5, 5.41) is 4.02. The molecule has 52 valence electrons. The molecule has 0 aromatic heterocycles. The van der Waals surface area contributed by atoms with E-state index in [4.69, 9.17) is 17.4 Å². The summed E-state index contributed by atoms with van der Waals surface area (Å²) in [7, 11) is 0. The van der Waals surface area contributed by atoms with Crippen LogP contribution >= 0.6 is 11.6 Å². The molecule has 1 aromatic rings. The zero-order valence-corrected chi connectivity index (χ0v) is 6.05. The van der Waals surface area contributed by atoms with Gasteiger partial charge in [0.25, 0.3) is 0 Å². The van der Waals surface area contributed by atoms with Crippen molar-refractivity contribution in [1.29, 1.82) is 0 Å². The van der Waals surface area contributed by atoms with E-state index in [1.165, 1.54) is 6.21 Å². The van der Waals surface area contributed by atoms with Crippen molar-refractivity contribution in [2.75, 3.05) is 0 Å². The van der Waals surface area contributed by atoms with Crippen molar-refractivity contribution >= 4 is 17.8 Å². The van der Waals surface area contributed by atoms with Crippen LogP contribution in [0.3, 0.4) is 0 Å². The maximum atomic E-state index is 5.76. The normalized spacial score (nSPS) is 10.5. The van der Waals surface area contributed by atoms with E-state index in [2.05, 4.69) is 5.10 Å². The summed E-state index contributed by atoms with van der Waals surface area (Å²) >= 11 is 5.76. The Morgan fingerprint density at radius 3 is 2.70 bits per heavy atom. The fourth-order valence-electron chi connectivity index (χ4n) is 0.660. The Morgan fingerprint density at radius 1 is 1.40 bits per heavy atom. The molecule has 0 fully saturated rings. The molecule has 2 N–H and O–H groups in total. The van der Waals surface area contributed by atoms with E-state index in [0.717, 1.165) is 5.56 Å². The van der Waals surface area contributed by atoms with Crippen molar-refractivity contribution in [2.45, 2.75) is 0 Å². The molecule has 0 aliphatic carbocycles. The molecule has 0 saturated carbocycles. The number of benzene rings is 1. The average molecular weight is 155 g/mol. The molecule has 10 heavy (non-hydrogen) atoms. The standard InChI is InChI=1S/C7H7ClN2/c8-7-4-2-1-3-6(7)5-10-9/h1-5H,9H2/b10-5+. The second kappa shape index (κ2) is 3.22. The summed E-state index contributed by atoms with van der Waals surface area (Å²) in [5.74, 6) is 4.94. The zero-order chi connectivity index (χ0) is 7.40. The number of halogens is 1. The Labute approximate surface area is 64.3 Å². The topological polar surface area (TPSA) is 38.4 Å². The van der Waals surface area contributed by atoms with Crippen molar-refractivity contribution in [3.8, 4) is 0 Å². The first-order valence-electron chi connectivity index (χ1n) is 2.82. The second-order valence-electron chi connectivity index (χ2n) is 1.80. The van der Waals surface area contributed by atoms with Gasteiger partial charge in [-0.05, 0) is 6.07 Å². The van der Waals surface area contributed by atoms with Gasteiger partial charge in [0, 0.05) is 10.6 Å². The van der Waals surface area contributed by atoms with Crippen molar-refractivity contribution < 1.29 is 0 Å². The van der Waals surface area contributed by atoms with Gasteiger partial charge in [0.2, 0.25) is 0 Å². The van der Waals surface area contributed by atoms with Crippen LogP contribution in [0, 0.1) is 0 Å². The highest BCUT2D eigenvalue weighted by molar-refractivity contribution is 6.33. The average Bonchev–Trinajstić information content (AvgIpc) is 1.94. The smallest absolute Gasteiger partial charge is 0.0553 e. The van der Waals surface area contributed by atoms with Gasteiger partial charge in [-0.3, -0.25) is 0 Å². The van der Waals surface area contributed by atoms with Crippen LogP contribution in [0.15, 0.2) is 29.4 Å². The van der Waals surface area contributed by atoms with Crippen LogP contribution in [0.1, 0.15) is 5.56 Å². The van der Waals surface area contributed by atoms with Gasteiger partial charge in [0.05, 0.1) is 6.21 Å². The van der Waals surface area contributed by atoms with E-state index in [1.54, 1.807) is 6.07 Å². The summed E-state index contributed by atoms with van der Waals surface area (Å²) in [6.45, 7) is 0. The van der Waals surface area contributed by atoms with E-state index in [-0.39, 0.29) is 0 Å². The Bertz CT molecular complexity index is 245. The van der Waals surface area contributed by atoms with Gasteiger partial charge >= 0.3 is 0 Å². The monoisotopic (exact) mass is 154 g/mol. The maximum Gasteiger partial charge on any atom is 0.0553 e. The minimum Gasteiger partial charge on any atom is -0.323 e. The quantitative estimate of drug-likeness (QED) is 0.373. The lowest BCUT2D eigenvalue weighted by Crippen LogP contribution is -1.86. The Morgan fingerprint density at radius 2 is 2.10 bits per heavy atom. The molecular formula is C7H7ClN2. The summed E-state index contributed by atoms with van der Waals surface area (Å²) in [6, 6.07) is 7.37. The van der Waals surface area contributed by atoms with Crippen molar-refractivity contribution in [3.63, 3.8) is 0 Å². The van der Waals surface area contributed by atoms with E-state index in [0.29, 0.717) is 5.02 Å². The van der Waals surface area contributed by atoms with Crippen LogP contribution in [0.2, 0.25) is 5.02 Å². The lowest BCUT2D eigenvalue weighted by molar-refractivity contribution is 1.26. The van der Waals surface area contributed by atoms with Gasteiger partial charge in [0.1, 0.15) is 0 Å². The number of hydrogen-bond donors (Lipinski definition) is 1. The van der Waals surface area contributed by atoms with E-state index >= 15 is 0 Å². The van der Waals surface area contributed by atoms with Crippen molar-refractivity contribution in [1.82, 2.24) is 0 Å². The van der Waals surface area contributed by atoms with E-state index in [9.17, 15) is 0 Å². The highest BCUT2D eigenvalue weighted by atomic mass is 35.5. The highest BCUT2D eigenvalue weighted by Gasteiger charge is 1.91. The molecule has 0 aliphatic heterocycles. The predicted octanol–water partition coefficient (Wildman–Crippen LogP) is 1.63. The molecule has 0 spiro atoms. The summed E-state index contributed by atoms with van der Waals surface area (Å²) in [6.07, 6.45) is 1.52. The third-order valence-electron chi connectivity index (χ3n) is 1.12. The summed E-state index contributed by atoms with van der Waals surface area (Å²) in [4.78, 5) is 0. The van der Waals surface area contributed by atoms with E-state index in [1.807, 2.05) is 18.2 Å². The minimum absolute atomic E-state index is 0.664. The number of rotatable bonds is 1. The van der Waals surface area contributed by atoms with Gasteiger partial charge in [-0.1, -0.05) is 29.8 Å². The molecule has 1 rings (SSSR count). The first-order chi connectivity index (χ1) is 4.84. The largest absolute Gasteiger partial charge is 0.323 e. The van der Waals surface area contributed by atoms with Gasteiger partial charge in [-0.2, -0.15) is 5.10 Å². The highest BCUT2D eigenvalue weighted by Crippen LogP contribution is 2.11. The van der Waals surface area contributed by atoms with Crippen molar-refractivity contribution in [2.24, 2.45) is 10.9 Å². The molecule has 0 unspecified atom stereocenters. The predicted molar refractivity (Wildman–Crippen MR) is 43.2 cm³/mol. The SMILES string of the molecule is N/N=C/c1ccccc1Cl. The van der Waals surface area contributed by atoms with Crippen LogP contribution in [0.5, 0.6) is 0 Å². The maximum absolute atomic E-state index is 5.76. The minimum atomic E-state index is 0.664. The third-order valence-corrected chi connectivity index (χ3v) is 1.46. The molecule has 0 amide bonds. The van der Waals surface area contributed by atoms with Crippen LogP contribution in [-0.2, 0) is 0 Å². The molecule has 0 saturated heterocycles. The Balaban J connectivity index is 3.03. The molecule has 0 aliphatic rings. The van der Waals surface area contributed by atoms with Crippen LogP contribution < -0.4 is 5.84 Å². The molecule has 2 nitrogen and oxygen atoms in total. The fourth-order valence-corrected chi connectivity index (χ4v) is 0.845. The van der Waals surface area contributed by atoms with Gasteiger partial charge < -0.3 is 5.84 Å². The lowest BCUT2D eigenvalue weighted by Gasteiger charge is -1.92. The summed E-state index contributed by atoms with van der Waals surface area (Å²) < 4.78 is 0. The fraction of sp³-hybridized carbons (Fsp3) is 0. The summed E-state index contributed by atoms with van der Waals surface area (Å²) in [5.41, 5.74) is 0.840. The van der Waals surface area contributed by atoms with Crippen molar-refractivity contribution in [3.05, 3.63) is 34.9 Å². The molecule has 3 heteroatoms. The van der Waals surface area contributed by atoms with Gasteiger partial charge in [0.15, 0.2) is 0 Å². The lowest BCUT2D eigenvalue weighted by atomic mass is 10.2. The second-order valence-corrected chi connectivity index (χ2v) is 2.21. The first-order valence-corrected chi connectivity index (χ1v) is 3.20. The molecule has 0 atom stereocenters. The molecule has 0 bridgehead atoms. The number of nitrogens with two attached hydrogens (primary N) is 1. The van der Waals surface area contributed by atoms with Crippen LogP contribution in [0.25, 0.3) is 0 Å². The molecular weight excluding hydrogens is 148 g/mol. The Hall–Kier alpha value is -1.02. The number of hydrogen-bond acceptors (Lipinski definition) is 2. The number of hydrazone groups is 1. The first kappa shape index (κ1) is 7.09. The van der Waals surface area contributed by atoms with Gasteiger partial charge in [-0.15, -0.1) is 0 Å². The number of nitrogens with zero attached hydrogens (tertiary/aromatic N) is 1. The third kappa shape index (κ3) is 1.48. The van der Waals surface area contributed by atoms with Gasteiger partial charge in [-0.25, -0.2) is 0 Å². The van der Waals surface area contributed by atoms with Crippen LogP contribution in [0.4, 0.5) is 0 Å². The molecule has 1 aromatic carbocycles. The molecule has 0 radical (unpaired) electrons. The zero-order valence-electron chi connectivity index (χ0n) is 5.29. The molecule has 0 heterocycles. The van der Waals surface area contributed by atoms with Crippen LogP contribution in [-0.4, -0.2) is 6.21 Å². The Kier molecular flexibility index (Phi) is 2.29.